The third kappa shape index (κ3) is 4.03. The van der Waals surface area contributed by atoms with Crippen LogP contribution < -0.4 is 5.73 Å². The number of aldehydes is 1. The summed E-state index contributed by atoms with van der Waals surface area (Å²) in [5, 5.41) is 0. The summed E-state index contributed by atoms with van der Waals surface area (Å²) in [7, 11) is 0. The maximum absolute atomic E-state index is 11.7. The molecule has 0 radical (unpaired) electrons. The molecular formula is C22H22N2O3S. The summed E-state index contributed by atoms with van der Waals surface area (Å²) in [6.45, 7) is 1.93. The Morgan fingerprint density at radius 1 is 1.14 bits per heavy atom. The van der Waals surface area contributed by atoms with E-state index < -0.39 is 17.1 Å². The van der Waals surface area contributed by atoms with Gasteiger partial charge < -0.3 is 19.6 Å². The minimum atomic E-state index is -1.03. The number of hydrogen-bond donors (Lipinski definition) is 1. The lowest BCUT2D eigenvalue weighted by Crippen LogP contribution is -2.12. The van der Waals surface area contributed by atoms with E-state index in [4.69, 9.17) is 5.73 Å². The highest BCUT2D eigenvalue weighted by molar-refractivity contribution is 7.90. The van der Waals surface area contributed by atoms with E-state index >= 15 is 0 Å². The normalized spacial score (nSPS) is 12.0. The van der Waals surface area contributed by atoms with Crippen LogP contribution in [-0.4, -0.2) is 27.6 Å². The van der Waals surface area contributed by atoms with Crippen LogP contribution >= 0.6 is 0 Å². The molecule has 1 unspecified atom stereocenters. The van der Waals surface area contributed by atoms with Crippen LogP contribution in [0, 0.1) is 6.92 Å². The van der Waals surface area contributed by atoms with Crippen LogP contribution in [-0.2, 0) is 22.4 Å². The summed E-state index contributed by atoms with van der Waals surface area (Å²) in [6.07, 6.45) is 3.59. The Bertz CT molecular complexity index is 1010. The predicted octanol–water partition coefficient (Wildman–Crippen LogP) is 3.42. The van der Waals surface area contributed by atoms with Gasteiger partial charge in [0.15, 0.2) is 4.90 Å². The second-order valence-electron chi connectivity index (χ2n) is 6.59. The van der Waals surface area contributed by atoms with Crippen LogP contribution in [0.15, 0.2) is 59.5 Å². The Balaban J connectivity index is 2.13. The van der Waals surface area contributed by atoms with Crippen molar-refractivity contribution in [3.8, 4) is 16.9 Å². The fourth-order valence-corrected chi connectivity index (χ4v) is 3.79. The first-order chi connectivity index (χ1) is 13.4. The zero-order chi connectivity index (χ0) is 20.3. The second kappa shape index (κ2) is 8.46. The summed E-state index contributed by atoms with van der Waals surface area (Å²) in [6, 6.07) is 17.0. The molecule has 1 heterocycles. The summed E-state index contributed by atoms with van der Waals surface area (Å²) in [5.74, 6) is -0.466. The molecule has 2 aromatic carbocycles. The van der Waals surface area contributed by atoms with Gasteiger partial charge in [0.05, 0.1) is 5.69 Å². The number of benzene rings is 2. The topological polar surface area (TPSA) is 88.2 Å². The van der Waals surface area contributed by atoms with E-state index in [2.05, 4.69) is 4.57 Å². The molecule has 144 valence electrons. The molecule has 3 rings (SSSR count). The van der Waals surface area contributed by atoms with Gasteiger partial charge in [0.25, 0.3) is 0 Å². The van der Waals surface area contributed by atoms with Crippen molar-refractivity contribution in [2.24, 2.45) is 5.73 Å². The minimum absolute atomic E-state index is 0.426. The molecule has 0 spiro atoms. The van der Waals surface area contributed by atoms with Crippen molar-refractivity contribution in [2.45, 2.75) is 24.7 Å². The van der Waals surface area contributed by atoms with Crippen molar-refractivity contribution >= 4 is 23.4 Å². The van der Waals surface area contributed by atoms with Crippen molar-refractivity contribution in [1.82, 2.24) is 4.57 Å². The molecule has 1 aromatic heterocycles. The van der Waals surface area contributed by atoms with Crippen molar-refractivity contribution in [1.29, 1.82) is 0 Å². The van der Waals surface area contributed by atoms with Gasteiger partial charge in [-0.1, -0.05) is 0 Å². The average molecular weight is 394 g/mol. The van der Waals surface area contributed by atoms with E-state index in [9.17, 15) is 14.1 Å². The Morgan fingerprint density at radius 2 is 1.86 bits per heavy atom. The SMILES string of the molecule is Cc1cc(C(N)=O)ccc1-n1c(CCC=O)ccc1-c1ccc([S+](C)[O-])cc1. The average Bonchev–Trinajstić information content (AvgIpc) is 3.09. The molecule has 6 heteroatoms. The molecule has 0 saturated heterocycles. The Kier molecular flexibility index (Phi) is 6.02. The lowest BCUT2D eigenvalue weighted by molar-refractivity contribution is -0.107. The summed E-state index contributed by atoms with van der Waals surface area (Å²) in [4.78, 5) is 23.2. The van der Waals surface area contributed by atoms with Crippen molar-refractivity contribution in [2.75, 3.05) is 6.26 Å². The zero-order valence-corrected chi connectivity index (χ0v) is 16.7. The summed E-state index contributed by atoms with van der Waals surface area (Å²) < 4.78 is 13.8. The molecule has 0 aliphatic carbocycles. The third-order valence-corrected chi connectivity index (χ3v) is 5.62. The molecule has 0 aliphatic heterocycles. The van der Waals surface area contributed by atoms with Crippen LogP contribution in [0.1, 0.15) is 28.0 Å². The van der Waals surface area contributed by atoms with Crippen LogP contribution in [0.3, 0.4) is 0 Å². The van der Waals surface area contributed by atoms with Gasteiger partial charge in [-0.15, -0.1) is 0 Å². The number of aryl methyl sites for hydroxylation is 2. The minimum Gasteiger partial charge on any atom is -0.612 e. The molecular weight excluding hydrogens is 372 g/mol. The quantitative estimate of drug-likeness (QED) is 0.492. The van der Waals surface area contributed by atoms with Gasteiger partial charge in [-0.2, -0.15) is 0 Å². The van der Waals surface area contributed by atoms with Gasteiger partial charge in [-0.3, -0.25) is 4.79 Å². The molecule has 1 amide bonds. The number of carbonyl (C=O) groups excluding carboxylic acids is 2. The first kappa shape index (κ1) is 19.9. The molecule has 1 atom stereocenters. The highest BCUT2D eigenvalue weighted by Gasteiger charge is 2.15. The third-order valence-electron chi connectivity index (χ3n) is 4.68. The van der Waals surface area contributed by atoms with Gasteiger partial charge in [0.2, 0.25) is 5.91 Å². The summed E-state index contributed by atoms with van der Waals surface area (Å²) >= 11 is -1.03. The van der Waals surface area contributed by atoms with Crippen LogP contribution in [0.5, 0.6) is 0 Å². The van der Waals surface area contributed by atoms with Gasteiger partial charge in [-0.25, -0.2) is 0 Å². The Morgan fingerprint density at radius 3 is 2.43 bits per heavy atom. The number of aromatic nitrogens is 1. The predicted molar refractivity (Wildman–Crippen MR) is 111 cm³/mol. The fourth-order valence-electron chi connectivity index (χ4n) is 3.27. The van der Waals surface area contributed by atoms with Crippen LogP contribution in [0.2, 0.25) is 0 Å². The van der Waals surface area contributed by atoms with Crippen molar-refractivity contribution in [3.05, 3.63) is 71.4 Å². The van der Waals surface area contributed by atoms with E-state index in [1.54, 1.807) is 18.4 Å². The molecule has 5 nitrogen and oxygen atoms in total. The van der Waals surface area contributed by atoms with E-state index in [-0.39, 0.29) is 0 Å². The van der Waals surface area contributed by atoms with E-state index in [1.807, 2.05) is 49.4 Å². The largest absolute Gasteiger partial charge is 0.612 e. The first-order valence-electron chi connectivity index (χ1n) is 8.91. The van der Waals surface area contributed by atoms with Crippen molar-refractivity contribution < 1.29 is 14.1 Å². The maximum Gasteiger partial charge on any atom is 0.248 e. The number of carbonyl (C=O) groups is 2. The number of amides is 1. The second-order valence-corrected chi connectivity index (χ2v) is 7.97. The van der Waals surface area contributed by atoms with E-state index in [0.717, 1.165) is 39.4 Å². The standard InChI is InChI=1S/C22H22N2O3S/c1-15-14-17(22(23)26)7-11-20(15)24-18(4-3-13-25)8-12-21(24)16-5-9-19(10-6-16)28(2)27/h5-14H,3-4H2,1-2H3,(H2,23,26). The molecule has 2 N–H and O–H groups in total. The number of hydrogen-bond acceptors (Lipinski definition) is 3. The highest BCUT2D eigenvalue weighted by atomic mass is 32.2. The van der Waals surface area contributed by atoms with Crippen LogP contribution in [0.4, 0.5) is 0 Å². The van der Waals surface area contributed by atoms with Gasteiger partial charge in [-0.05, 0) is 90.2 Å². The molecule has 0 bridgehead atoms. The monoisotopic (exact) mass is 394 g/mol. The lowest BCUT2D eigenvalue weighted by Gasteiger charge is -2.17. The zero-order valence-electron chi connectivity index (χ0n) is 15.8. The highest BCUT2D eigenvalue weighted by Crippen LogP contribution is 2.30. The Hall–Kier alpha value is -2.83. The number of nitrogens with zero attached hydrogens (tertiary/aromatic N) is 1. The number of rotatable bonds is 7. The smallest absolute Gasteiger partial charge is 0.248 e. The van der Waals surface area contributed by atoms with Crippen molar-refractivity contribution in [3.63, 3.8) is 0 Å². The Labute approximate surface area is 167 Å². The molecule has 28 heavy (non-hydrogen) atoms. The number of primary amides is 1. The summed E-state index contributed by atoms with van der Waals surface area (Å²) in [5.41, 5.74) is 10.6. The number of nitrogens with two attached hydrogens (primary N) is 1. The maximum atomic E-state index is 11.7. The van der Waals surface area contributed by atoms with Gasteiger partial charge >= 0.3 is 0 Å². The fraction of sp³-hybridized carbons (Fsp3) is 0.182. The van der Waals surface area contributed by atoms with E-state index in [0.29, 0.717) is 18.4 Å². The molecule has 0 fully saturated rings. The lowest BCUT2D eigenvalue weighted by atomic mass is 10.1. The van der Waals surface area contributed by atoms with Gasteiger partial charge in [0, 0.05) is 23.4 Å². The van der Waals surface area contributed by atoms with Gasteiger partial charge in [0.1, 0.15) is 12.5 Å². The van der Waals surface area contributed by atoms with Crippen LogP contribution in [0.25, 0.3) is 16.9 Å². The molecule has 3 aromatic rings. The first-order valence-corrected chi connectivity index (χ1v) is 10.5. The van der Waals surface area contributed by atoms with E-state index in [1.165, 1.54) is 0 Å². The molecule has 0 aliphatic rings. The molecule has 0 saturated carbocycles.